The second kappa shape index (κ2) is 8.11. The van der Waals surface area contributed by atoms with Gasteiger partial charge in [-0.15, -0.1) is 0 Å². The molecule has 0 N–H and O–H groups in total. The van der Waals surface area contributed by atoms with Crippen LogP contribution in [0.15, 0.2) is 59.5 Å². The Morgan fingerprint density at radius 2 is 1.60 bits per heavy atom. The molecule has 0 bridgehead atoms. The molecule has 1 radical (unpaired) electrons. The number of hydrogen-bond donors (Lipinski definition) is 0. The fraction of sp³-hybridized carbons (Fsp3) is 0.350. The molecule has 1 aliphatic rings. The summed E-state index contributed by atoms with van der Waals surface area (Å²) in [4.78, 5) is 0.305. The molecule has 0 amide bonds. The Balaban J connectivity index is 1.86. The molecule has 1 saturated carbocycles. The molecule has 1 fully saturated rings. The van der Waals surface area contributed by atoms with E-state index in [0.29, 0.717) is 17.4 Å². The van der Waals surface area contributed by atoms with Crippen LogP contribution in [-0.2, 0) is 16.6 Å². The third-order valence-corrected chi connectivity index (χ3v) is 6.50. The Morgan fingerprint density at radius 1 is 0.960 bits per heavy atom. The minimum absolute atomic E-state index is 0.262. The zero-order valence-electron chi connectivity index (χ0n) is 14.1. The third kappa shape index (κ3) is 4.67. The van der Waals surface area contributed by atoms with Crippen LogP contribution in [0.4, 0.5) is 4.39 Å². The van der Waals surface area contributed by atoms with Gasteiger partial charge in [0.15, 0.2) is 0 Å². The molecule has 5 heteroatoms. The van der Waals surface area contributed by atoms with E-state index < -0.39 is 10.0 Å². The number of halogens is 1. The van der Waals surface area contributed by atoms with Crippen LogP contribution in [0.2, 0.25) is 0 Å². The highest BCUT2D eigenvalue weighted by molar-refractivity contribution is 7.89. The number of rotatable bonds is 6. The smallest absolute Gasteiger partial charge is 0.207 e. The van der Waals surface area contributed by atoms with Gasteiger partial charge in [-0.25, -0.2) is 12.8 Å². The lowest BCUT2D eigenvalue weighted by atomic mass is 9.89. The molecule has 1 aliphatic carbocycles. The monoisotopic (exact) mass is 360 g/mol. The van der Waals surface area contributed by atoms with Crippen molar-refractivity contribution in [1.82, 2.24) is 4.31 Å². The topological polar surface area (TPSA) is 37.4 Å². The van der Waals surface area contributed by atoms with Gasteiger partial charge in [-0.1, -0.05) is 30.3 Å². The lowest BCUT2D eigenvalue weighted by molar-refractivity contribution is 0.295. The van der Waals surface area contributed by atoms with Crippen molar-refractivity contribution in [1.29, 1.82) is 0 Å². The second-order valence-electron chi connectivity index (χ2n) is 6.55. The van der Waals surface area contributed by atoms with Gasteiger partial charge in [-0.05, 0) is 67.9 Å². The van der Waals surface area contributed by atoms with E-state index in [-0.39, 0.29) is 12.4 Å². The fourth-order valence-corrected chi connectivity index (χ4v) is 4.77. The predicted molar refractivity (Wildman–Crippen MR) is 96.7 cm³/mol. The molecule has 2 aromatic rings. The van der Waals surface area contributed by atoms with E-state index in [1.54, 1.807) is 46.8 Å². The summed E-state index contributed by atoms with van der Waals surface area (Å²) in [5.74, 6) is 0.0490. The zero-order chi connectivity index (χ0) is 17.7. The van der Waals surface area contributed by atoms with Gasteiger partial charge < -0.3 is 0 Å². The average molecular weight is 360 g/mol. The number of benzene rings is 2. The van der Waals surface area contributed by atoms with Crippen molar-refractivity contribution < 1.29 is 12.8 Å². The minimum atomic E-state index is -3.58. The second-order valence-corrected chi connectivity index (χ2v) is 8.48. The first kappa shape index (κ1) is 18.1. The minimum Gasteiger partial charge on any atom is -0.207 e. The summed E-state index contributed by atoms with van der Waals surface area (Å²) in [7, 11) is -3.58. The number of sulfonamides is 1. The van der Waals surface area contributed by atoms with Crippen molar-refractivity contribution in [2.45, 2.75) is 37.1 Å². The Hall–Kier alpha value is -1.72. The lowest BCUT2D eigenvalue weighted by Crippen LogP contribution is -2.35. The van der Waals surface area contributed by atoms with E-state index in [0.717, 1.165) is 31.2 Å². The Kier molecular flexibility index (Phi) is 5.86. The van der Waals surface area contributed by atoms with Gasteiger partial charge in [0.05, 0.1) is 4.90 Å². The highest BCUT2D eigenvalue weighted by Crippen LogP contribution is 2.27. The molecule has 0 spiro atoms. The summed E-state index contributed by atoms with van der Waals surface area (Å²) in [5, 5.41) is 0. The zero-order valence-corrected chi connectivity index (χ0v) is 15.0. The number of hydrogen-bond acceptors (Lipinski definition) is 2. The van der Waals surface area contributed by atoms with Crippen molar-refractivity contribution in [3.8, 4) is 0 Å². The van der Waals surface area contributed by atoms with Crippen LogP contribution >= 0.6 is 0 Å². The molecule has 0 atom stereocenters. The summed E-state index contributed by atoms with van der Waals surface area (Å²) in [6, 6.07) is 14.6. The van der Waals surface area contributed by atoms with E-state index >= 15 is 0 Å². The van der Waals surface area contributed by atoms with Crippen molar-refractivity contribution in [2.24, 2.45) is 5.92 Å². The van der Waals surface area contributed by atoms with Gasteiger partial charge >= 0.3 is 0 Å². The molecule has 0 aromatic heterocycles. The van der Waals surface area contributed by atoms with Gasteiger partial charge in [0.25, 0.3) is 0 Å². The van der Waals surface area contributed by atoms with E-state index in [1.165, 1.54) is 12.1 Å². The van der Waals surface area contributed by atoms with Crippen molar-refractivity contribution >= 4 is 10.0 Å². The van der Waals surface area contributed by atoms with E-state index in [1.807, 2.05) is 0 Å². The van der Waals surface area contributed by atoms with Gasteiger partial charge in [-0.2, -0.15) is 4.31 Å². The summed E-state index contributed by atoms with van der Waals surface area (Å²) in [6.07, 6.45) is 6.39. The largest absolute Gasteiger partial charge is 0.243 e. The normalized spacial score (nSPS) is 16.2. The first-order valence-electron chi connectivity index (χ1n) is 8.67. The maximum Gasteiger partial charge on any atom is 0.243 e. The number of nitrogens with zero attached hydrogens (tertiary/aromatic N) is 1. The molecule has 0 heterocycles. The summed E-state index contributed by atoms with van der Waals surface area (Å²) in [5.41, 5.74) is 0.795. The highest BCUT2D eigenvalue weighted by Gasteiger charge is 2.28. The molecule has 133 valence electrons. The van der Waals surface area contributed by atoms with Crippen LogP contribution in [0.5, 0.6) is 0 Å². The Labute approximate surface area is 149 Å². The summed E-state index contributed by atoms with van der Waals surface area (Å²) in [6.45, 7) is 0.764. The lowest BCUT2D eigenvalue weighted by Gasteiger charge is -2.29. The highest BCUT2D eigenvalue weighted by atomic mass is 32.2. The third-order valence-electron chi connectivity index (χ3n) is 4.67. The molecule has 0 saturated heterocycles. The Morgan fingerprint density at radius 3 is 2.24 bits per heavy atom. The first-order valence-corrected chi connectivity index (χ1v) is 10.1. The van der Waals surface area contributed by atoms with Crippen LogP contribution in [-0.4, -0.2) is 19.3 Å². The SMILES string of the molecule is O=S(=O)(c1ccccc1)N(Cc1ccc(F)cc1)CC1CC[CH]CC1. The quantitative estimate of drug-likeness (QED) is 0.765. The molecular weight excluding hydrogens is 337 g/mol. The first-order chi connectivity index (χ1) is 12.1. The standard InChI is InChI=1S/C20H23FNO2S/c21-19-13-11-18(12-14-19)16-22(15-17-7-3-1-4-8-17)25(23,24)20-9-5-2-6-10-20/h1-2,5-6,9-14,17H,3-4,7-8,15-16H2. The van der Waals surface area contributed by atoms with Gasteiger partial charge in [0.1, 0.15) is 5.82 Å². The molecule has 0 aliphatic heterocycles. The van der Waals surface area contributed by atoms with Gasteiger partial charge in [0, 0.05) is 13.1 Å². The van der Waals surface area contributed by atoms with Gasteiger partial charge in [0.2, 0.25) is 10.0 Å². The molecule has 3 rings (SSSR count). The van der Waals surface area contributed by atoms with Crippen molar-refractivity contribution in [2.75, 3.05) is 6.54 Å². The average Bonchev–Trinajstić information content (AvgIpc) is 2.64. The van der Waals surface area contributed by atoms with Crippen LogP contribution in [0.3, 0.4) is 0 Å². The van der Waals surface area contributed by atoms with Crippen molar-refractivity contribution in [3.63, 3.8) is 0 Å². The van der Waals surface area contributed by atoms with Crippen LogP contribution in [0.25, 0.3) is 0 Å². The predicted octanol–water partition coefficient (Wildman–Crippen LogP) is 4.41. The molecule has 3 nitrogen and oxygen atoms in total. The van der Waals surface area contributed by atoms with E-state index in [2.05, 4.69) is 6.42 Å². The van der Waals surface area contributed by atoms with Crippen LogP contribution in [0, 0.1) is 18.2 Å². The Bertz CT molecular complexity index is 769. The summed E-state index contributed by atoms with van der Waals surface area (Å²) >= 11 is 0. The van der Waals surface area contributed by atoms with E-state index in [4.69, 9.17) is 0 Å². The fourth-order valence-electron chi connectivity index (χ4n) is 3.25. The summed E-state index contributed by atoms with van der Waals surface area (Å²) < 4.78 is 41.0. The van der Waals surface area contributed by atoms with Crippen LogP contribution in [0.1, 0.15) is 31.2 Å². The van der Waals surface area contributed by atoms with Crippen molar-refractivity contribution in [3.05, 3.63) is 72.4 Å². The molecule has 0 unspecified atom stereocenters. The van der Waals surface area contributed by atoms with Crippen LogP contribution < -0.4 is 0 Å². The molecule has 2 aromatic carbocycles. The van der Waals surface area contributed by atoms with E-state index in [9.17, 15) is 12.8 Å². The maximum absolute atomic E-state index is 13.2. The molecular formula is C20H23FNO2S. The molecule has 25 heavy (non-hydrogen) atoms. The maximum atomic E-state index is 13.2. The van der Waals surface area contributed by atoms with Gasteiger partial charge in [-0.3, -0.25) is 0 Å².